The minimum atomic E-state index is -0.360. The van der Waals surface area contributed by atoms with Gasteiger partial charge in [-0.3, -0.25) is 18.7 Å². The first-order chi connectivity index (χ1) is 14.5. The van der Waals surface area contributed by atoms with E-state index in [9.17, 15) is 14.0 Å². The number of aromatic nitrogens is 3. The summed E-state index contributed by atoms with van der Waals surface area (Å²) in [6, 6.07) is 15.7. The molecule has 2 aromatic carbocycles. The number of carbonyl (C=O) groups excluding carboxylic acids is 1. The van der Waals surface area contributed by atoms with Crippen LogP contribution in [-0.4, -0.2) is 20.0 Å². The van der Waals surface area contributed by atoms with Crippen LogP contribution in [0.3, 0.4) is 0 Å². The Morgan fingerprint density at radius 2 is 1.87 bits per heavy atom. The maximum Gasteiger partial charge on any atom is 0.263 e. The van der Waals surface area contributed by atoms with Crippen LogP contribution in [0.5, 0.6) is 0 Å². The van der Waals surface area contributed by atoms with E-state index >= 15 is 0 Å². The Hall–Kier alpha value is -3.74. The Bertz CT molecular complexity index is 1290. The molecule has 7 heteroatoms. The van der Waals surface area contributed by atoms with Crippen molar-refractivity contribution in [2.75, 3.05) is 0 Å². The highest BCUT2D eigenvalue weighted by atomic mass is 19.1. The van der Waals surface area contributed by atoms with Gasteiger partial charge in [-0.05, 0) is 49.2 Å². The molecular weight excluding hydrogens is 383 g/mol. The van der Waals surface area contributed by atoms with Crippen LogP contribution in [0.1, 0.15) is 16.8 Å². The summed E-state index contributed by atoms with van der Waals surface area (Å²) in [7, 11) is 0. The minimum Gasteiger partial charge on any atom is -0.350 e. The van der Waals surface area contributed by atoms with Crippen molar-refractivity contribution in [3.63, 3.8) is 0 Å². The van der Waals surface area contributed by atoms with Crippen molar-refractivity contribution in [1.29, 1.82) is 0 Å². The van der Waals surface area contributed by atoms with Crippen LogP contribution in [-0.2, 0) is 17.9 Å². The van der Waals surface area contributed by atoms with Crippen LogP contribution in [0.25, 0.3) is 16.7 Å². The molecule has 30 heavy (non-hydrogen) atoms. The fraction of sp³-hybridized carbons (Fsp3) is 0.174. The second-order valence-electron chi connectivity index (χ2n) is 7.16. The average Bonchev–Trinajstić information content (AvgIpc) is 3.00. The zero-order valence-electron chi connectivity index (χ0n) is 16.7. The zero-order valence-corrected chi connectivity index (χ0v) is 16.7. The summed E-state index contributed by atoms with van der Waals surface area (Å²) in [5.74, 6) is -0.708. The van der Waals surface area contributed by atoms with Gasteiger partial charge in [-0.1, -0.05) is 30.3 Å². The average molecular weight is 404 g/mol. The first-order valence-electron chi connectivity index (χ1n) is 9.59. The molecule has 0 aliphatic rings. The predicted molar refractivity (Wildman–Crippen MR) is 113 cm³/mol. The fourth-order valence-corrected chi connectivity index (χ4v) is 3.55. The largest absolute Gasteiger partial charge is 0.350 e. The lowest BCUT2D eigenvalue weighted by Crippen LogP contribution is -2.32. The highest BCUT2D eigenvalue weighted by Gasteiger charge is 2.18. The third kappa shape index (κ3) is 3.61. The van der Waals surface area contributed by atoms with Crippen LogP contribution >= 0.6 is 0 Å². The van der Waals surface area contributed by atoms with Gasteiger partial charge in [0.2, 0.25) is 5.91 Å². The number of para-hydroxylation sites is 1. The number of rotatable bonds is 5. The maximum absolute atomic E-state index is 13.3. The number of fused-ring (bicyclic) bond motifs is 1. The third-order valence-electron chi connectivity index (χ3n) is 5.19. The van der Waals surface area contributed by atoms with Gasteiger partial charge in [0.25, 0.3) is 5.56 Å². The van der Waals surface area contributed by atoms with Crippen molar-refractivity contribution >= 4 is 16.9 Å². The Balaban J connectivity index is 1.62. The van der Waals surface area contributed by atoms with Gasteiger partial charge < -0.3 is 5.32 Å². The lowest BCUT2D eigenvalue weighted by molar-refractivity contribution is -0.121. The second kappa shape index (κ2) is 7.94. The predicted octanol–water partition coefficient (Wildman–Crippen LogP) is 3.26. The van der Waals surface area contributed by atoms with E-state index in [1.807, 2.05) is 48.7 Å². The number of aryl methyl sites for hydroxylation is 1. The van der Waals surface area contributed by atoms with E-state index in [0.29, 0.717) is 16.6 Å². The molecule has 0 atom stereocenters. The molecule has 152 valence electrons. The molecule has 0 aliphatic heterocycles. The van der Waals surface area contributed by atoms with Gasteiger partial charge in [0, 0.05) is 17.9 Å². The highest BCUT2D eigenvalue weighted by molar-refractivity contribution is 5.83. The maximum atomic E-state index is 13.3. The van der Waals surface area contributed by atoms with Gasteiger partial charge in [-0.15, -0.1) is 0 Å². The Kier molecular flexibility index (Phi) is 5.18. The molecule has 2 heterocycles. The number of amides is 1. The standard InChI is InChI=1S/C23H21FN4O2/c1-15-16(2)28(19-9-4-3-5-10-19)22-21(15)23(30)27(14-26-22)13-20(29)25-12-17-7-6-8-18(24)11-17/h3-11,14H,12-13H2,1-2H3,(H,25,29). The summed E-state index contributed by atoms with van der Waals surface area (Å²) in [6.07, 6.45) is 1.39. The molecule has 4 aromatic rings. The number of benzene rings is 2. The lowest BCUT2D eigenvalue weighted by Gasteiger charge is -2.09. The van der Waals surface area contributed by atoms with E-state index in [4.69, 9.17) is 0 Å². The summed E-state index contributed by atoms with van der Waals surface area (Å²) in [4.78, 5) is 29.9. The SMILES string of the molecule is Cc1c(C)n(-c2ccccc2)c2ncn(CC(=O)NCc3cccc(F)c3)c(=O)c12. The molecule has 0 spiro atoms. The Morgan fingerprint density at radius 3 is 2.60 bits per heavy atom. The van der Waals surface area contributed by atoms with Crippen molar-refractivity contribution in [1.82, 2.24) is 19.4 Å². The van der Waals surface area contributed by atoms with Gasteiger partial charge >= 0.3 is 0 Å². The van der Waals surface area contributed by atoms with Crippen molar-refractivity contribution in [3.8, 4) is 5.69 Å². The van der Waals surface area contributed by atoms with Gasteiger partial charge in [-0.2, -0.15) is 0 Å². The molecule has 1 N–H and O–H groups in total. The third-order valence-corrected chi connectivity index (χ3v) is 5.19. The van der Waals surface area contributed by atoms with E-state index in [1.165, 1.54) is 23.0 Å². The summed E-state index contributed by atoms with van der Waals surface area (Å²) < 4.78 is 16.5. The number of nitrogens with zero attached hydrogens (tertiary/aromatic N) is 3. The van der Waals surface area contributed by atoms with Crippen molar-refractivity contribution in [2.24, 2.45) is 0 Å². The van der Waals surface area contributed by atoms with E-state index in [1.54, 1.807) is 12.1 Å². The molecule has 2 aromatic heterocycles. The Morgan fingerprint density at radius 1 is 1.10 bits per heavy atom. The van der Waals surface area contributed by atoms with Gasteiger partial charge in [0.05, 0.1) is 5.39 Å². The number of halogens is 1. The van der Waals surface area contributed by atoms with Gasteiger partial charge in [-0.25, -0.2) is 9.37 Å². The van der Waals surface area contributed by atoms with Gasteiger partial charge in [0.15, 0.2) is 5.65 Å². The molecular formula is C23H21FN4O2. The van der Waals surface area contributed by atoms with E-state index in [-0.39, 0.29) is 30.4 Å². The summed E-state index contributed by atoms with van der Waals surface area (Å²) >= 11 is 0. The smallest absolute Gasteiger partial charge is 0.263 e. The first kappa shape index (κ1) is 19.6. The molecule has 0 unspecified atom stereocenters. The van der Waals surface area contributed by atoms with Crippen LogP contribution in [0.2, 0.25) is 0 Å². The number of nitrogens with one attached hydrogen (secondary N) is 1. The quantitative estimate of drug-likeness (QED) is 0.555. The van der Waals surface area contributed by atoms with E-state index in [0.717, 1.165) is 16.9 Å². The lowest BCUT2D eigenvalue weighted by atomic mass is 10.2. The molecule has 0 saturated carbocycles. The van der Waals surface area contributed by atoms with Crippen LogP contribution < -0.4 is 10.9 Å². The topological polar surface area (TPSA) is 68.9 Å². The summed E-state index contributed by atoms with van der Waals surface area (Å²) in [5, 5.41) is 3.21. The van der Waals surface area contributed by atoms with Crippen molar-refractivity contribution < 1.29 is 9.18 Å². The van der Waals surface area contributed by atoms with E-state index in [2.05, 4.69) is 10.3 Å². The molecule has 0 fully saturated rings. The number of hydrogen-bond donors (Lipinski definition) is 1. The van der Waals surface area contributed by atoms with Gasteiger partial charge in [0.1, 0.15) is 18.7 Å². The first-order valence-corrected chi connectivity index (χ1v) is 9.59. The van der Waals surface area contributed by atoms with Crippen LogP contribution in [0, 0.1) is 19.7 Å². The fourth-order valence-electron chi connectivity index (χ4n) is 3.55. The molecule has 0 aliphatic carbocycles. The summed E-state index contributed by atoms with van der Waals surface area (Å²) in [6.45, 7) is 3.85. The Labute approximate surface area is 172 Å². The highest BCUT2D eigenvalue weighted by Crippen LogP contribution is 2.24. The van der Waals surface area contributed by atoms with Crippen molar-refractivity contribution in [2.45, 2.75) is 26.9 Å². The zero-order chi connectivity index (χ0) is 21.3. The van der Waals surface area contributed by atoms with Crippen LogP contribution in [0.15, 0.2) is 65.7 Å². The molecule has 4 rings (SSSR count). The molecule has 0 saturated heterocycles. The molecule has 0 radical (unpaired) electrons. The summed E-state index contributed by atoms with van der Waals surface area (Å²) in [5.41, 5.74) is 3.63. The molecule has 0 bridgehead atoms. The normalized spacial score (nSPS) is 11.0. The number of carbonyl (C=O) groups is 1. The molecule has 6 nitrogen and oxygen atoms in total. The van der Waals surface area contributed by atoms with Crippen molar-refractivity contribution in [3.05, 3.63) is 93.9 Å². The molecule has 1 amide bonds. The second-order valence-corrected chi connectivity index (χ2v) is 7.16. The number of hydrogen-bond acceptors (Lipinski definition) is 3. The van der Waals surface area contributed by atoms with Crippen LogP contribution in [0.4, 0.5) is 4.39 Å². The minimum absolute atomic E-state index is 0.161. The monoisotopic (exact) mass is 404 g/mol. The van der Waals surface area contributed by atoms with E-state index < -0.39 is 0 Å².